The molecule has 6 nitrogen and oxygen atoms in total. The molecule has 1 N–H and O–H groups in total. The fraction of sp³-hybridized carbons (Fsp3) is 0.333. The lowest BCUT2D eigenvalue weighted by Gasteiger charge is -2.10. The van der Waals surface area contributed by atoms with E-state index in [0.29, 0.717) is 27.5 Å². The Labute approximate surface area is 163 Å². The Kier molecular flexibility index (Phi) is 7.49. The van der Waals surface area contributed by atoms with Crippen LogP contribution < -0.4 is 5.32 Å². The van der Waals surface area contributed by atoms with E-state index in [2.05, 4.69) is 15.5 Å². The first-order valence-electron chi connectivity index (χ1n) is 7.37. The number of halogens is 2. The van der Waals surface area contributed by atoms with E-state index >= 15 is 0 Å². The number of carbonyl (C=O) groups excluding carboxylic acids is 2. The van der Waals surface area contributed by atoms with Crippen molar-refractivity contribution < 1.29 is 14.3 Å². The van der Waals surface area contributed by atoms with Gasteiger partial charge < -0.3 is 4.74 Å². The summed E-state index contributed by atoms with van der Waals surface area (Å²) < 4.78 is 5.59. The average Bonchev–Trinajstić information content (AvgIpc) is 2.99. The number of ether oxygens (including phenoxy) is 1. The van der Waals surface area contributed by atoms with Crippen LogP contribution in [0.25, 0.3) is 0 Å². The van der Waals surface area contributed by atoms with E-state index in [1.54, 1.807) is 13.0 Å². The number of benzene rings is 1. The van der Waals surface area contributed by atoms with Crippen LogP contribution in [0.4, 0.5) is 5.13 Å². The molecule has 0 aliphatic carbocycles. The molecule has 0 unspecified atom stereocenters. The van der Waals surface area contributed by atoms with Crippen molar-refractivity contribution in [3.05, 3.63) is 33.8 Å². The van der Waals surface area contributed by atoms with Crippen molar-refractivity contribution >= 4 is 63.3 Å². The van der Waals surface area contributed by atoms with Crippen LogP contribution in [-0.4, -0.2) is 33.9 Å². The molecule has 25 heavy (non-hydrogen) atoms. The molecule has 2 aromatic rings. The van der Waals surface area contributed by atoms with Crippen LogP contribution in [-0.2, 0) is 9.53 Å². The third kappa shape index (κ3) is 5.57. The number of amides is 1. The Morgan fingerprint density at radius 2 is 2.08 bits per heavy atom. The highest BCUT2D eigenvalue weighted by atomic mass is 35.5. The summed E-state index contributed by atoms with van der Waals surface area (Å²) in [6.07, 6.45) is 0.602. The minimum atomic E-state index is -0.410. The summed E-state index contributed by atoms with van der Waals surface area (Å²) in [7, 11) is 0. The summed E-state index contributed by atoms with van der Waals surface area (Å²) in [6, 6.07) is 4.60. The quantitative estimate of drug-likeness (QED) is 0.403. The largest absolute Gasteiger partial charge is 0.465 e. The van der Waals surface area contributed by atoms with E-state index < -0.39 is 5.91 Å². The van der Waals surface area contributed by atoms with Gasteiger partial charge in [-0.3, -0.25) is 14.9 Å². The number of rotatable bonds is 7. The Hall–Kier alpha value is -1.35. The number of carbonyl (C=O) groups is 2. The van der Waals surface area contributed by atoms with Gasteiger partial charge in [0.2, 0.25) is 5.13 Å². The monoisotopic (exact) mass is 419 g/mol. The molecule has 134 valence electrons. The number of thioether (sulfide) groups is 1. The minimum absolute atomic E-state index is 0.248. The maximum atomic E-state index is 12.2. The third-order valence-corrected chi connectivity index (χ3v) is 5.78. The topological polar surface area (TPSA) is 81.2 Å². The molecule has 0 fully saturated rings. The zero-order chi connectivity index (χ0) is 18.4. The number of esters is 1. The maximum Gasteiger partial charge on any atom is 0.319 e. The fourth-order valence-electron chi connectivity index (χ4n) is 1.80. The summed E-state index contributed by atoms with van der Waals surface area (Å²) in [6.45, 7) is 3.98. The molecular formula is C15H15Cl2N3O3S2. The predicted octanol–water partition coefficient (Wildman–Crippen LogP) is 4.53. The highest BCUT2D eigenvalue weighted by Crippen LogP contribution is 2.31. The van der Waals surface area contributed by atoms with Crippen LogP contribution >= 0.6 is 46.3 Å². The van der Waals surface area contributed by atoms with E-state index in [1.165, 1.54) is 35.2 Å². The number of aromatic nitrogens is 2. The SMILES string of the molecule is CCOC(=O)[C@@H](CC)Sc1nnc(NC(=O)c2ccc(Cl)cc2Cl)s1. The second kappa shape index (κ2) is 9.38. The lowest BCUT2D eigenvalue weighted by molar-refractivity contribution is -0.142. The number of nitrogens with zero attached hydrogens (tertiary/aromatic N) is 2. The Morgan fingerprint density at radius 1 is 1.32 bits per heavy atom. The van der Waals surface area contributed by atoms with Crippen LogP contribution in [0.3, 0.4) is 0 Å². The summed E-state index contributed by atoms with van der Waals surface area (Å²) in [4.78, 5) is 24.1. The molecule has 1 heterocycles. The van der Waals surface area contributed by atoms with Crippen LogP contribution in [0.15, 0.2) is 22.5 Å². The number of hydrogen-bond acceptors (Lipinski definition) is 7. The summed E-state index contributed by atoms with van der Waals surface area (Å²) in [5.41, 5.74) is 0.286. The zero-order valence-electron chi connectivity index (χ0n) is 13.4. The van der Waals surface area contributed by atoms with Gasteiger partial charge in [-0.15, -0.1) is 10.2 Å². The van der Waals surface area contributed by atoms with Gasteiger partial charge in [0.25, 0.3) is 5.91 Å². The molecule has 0 saturated carbocycles. The molecule has 0 aliphatic heterocycles. The first-order chi connectivity index (χ1) is 11.9. The normalized spacial score (nSPS) is 11.8. The zero-order valence-corrected chi connectivity index (χ0v) is 16.6. The van der Waals surface area contributed by atoms with E-state index in [4.69, 9.17) is 27.9 Å². The third-order valence-electron chi connectivity index (χ3n) is 2.97. The molecule has 1 aromatic heterocycles. The Morgan fingerprint density at radius 3 is 2.72 bits per heavy atom. The summed E-state index contributed by atoms with van der Waals surface area (Å²) in [5, 5.41) is 11.2. The van der Waals surface area contributed by atoms with Crippen LogP contribution in [0, 0.1) is 0 Å². The van der Waals surface area contributed by atoms with E-state index in [0.717, 1.165) is 0 Å². The molecule has 0 aliphatic rings. The molecule has 0 bridgehead atoms. The van der Waals surface area contributed by atoms with Crippen LogP contribution in [0.5, 0.6) is 0 Å². The molecule has 0 spiro atoms. The number of hydrogen-bond donors (Lipinski definition) is 1. The average molecular weight is 420 g/mol. The summed E-state index contributed by atoms with van der Waals surface area (Å²) in [5.74, 6) is -0.699. The van der Waals surface area contributed by atoms with Gasteiger partial charge in [-0.2, -0.15) is 0 Å². The molecule has 10 heteroatoms. The van der Waals surface area contributed by atoms with Crippen molar-refractivity contribution in [1.82, 2.24) is 10.2 Å². The first kappa shape index (κ1) is 20.0. The molecular weight excluding hydrogens is 405 g/mol. The lowest BCUT2D eigenvalue weighted by atomic mass is 10.2. The highest BCUT2D eigenvalue weighted by Gasteiger charge is 2.22. The standard InChI is InChI=1S/C15H15Cl2N3O3S2/c1-3-11(13(22)23-4-2)24-15-20-19-14(25-15)18-12(21)9-6-5-8(16)7-10(9)17/h5-7,11H,3-4H2,1-2H3,(H,18,19,21)/t11-/m1/s1. The molecule has 0 saturated heterocycles. The van der Waals surface area contributed by atoms with Crippen molar-refractivity contribution in [3.63, 3.8) is 0 Å². The highest BCUT2D eigenvalue weighted by molar-refractivity contribution is 8.02. The first-order valence-corrected chi connectivity index (χ1v) is 9.83. The second-order valence-electron chi connectivity index (χ2n) is 4.72. The van der Waals surface area contributed by atoms with Crippen molar-refractivity contribution in [2.45, 2.75) is 29.9 Å². The van der Waals surface area contributed by atoms with Gasteiger partial charge in [0.05, 0.1) is 17.2 Å². The van der Waals surface area contributed by atoms with E-state index in [-0.39, 0.29) is 21.8 Å². The van der Waals surface area contributed by atoms with Crippen LogP contribution in [0.2, 0.25) is 10.0 Å². The molecule has 2 rings (SSSR count). The second-order valence-corrected chi connectivity index (χ2v) is 7.99. The fourth-order valence-corrected chi connectivity index (χ4v) is 4.21. The van der Waals surface area contributed by atoms with Gasteiger partial charge in [-0.05, 0) is 31.5 Å². The number of anilines is 1. The maximum absolute atomic E-state index is 12.2. The van der Waals surface area contributed by atoms with Crippen molar-refractivity contribution in [1.29, 1.82) is 0 Å². The van der Waals surface area contributed by atoms with Gasteiger partial charge in [0.1, 0.15) is 5.25 Å². The molecule has 1 amide bonds. The van der Waals surface area contributed by atoms with Gasteiger partial charge >= 0.3 is 5.97 Å². The van der Waals surface area contributed by atoms with Crippen LogP contribution in [0.1, 0.15) is 30.6 Å². The number of nitrogens with one attached hydrogen (secondary N) is 1. The Bertz CT molecular complexity index is 770. The van der Waals surface area contributed by atoms with Gasteiger partial charge in [-0.25, -0.2) is 0 Å². The van der Waals surface area contributed by atoms with Gasteiger partial charge in [0, 0.05) is 5.02 Å². The summed E-state index contributed by atoms with van der Waals surface area (Å²) >= 11 is 14.3. The predicted molar refractivity (Wildman–Crippen MR) is 101 cm³/mol. The molecule has 1 aromatic carbocycles. The molecule has 1 atom stereocenters. The lowest BCUT2D eigenvalue weighted by Crippen LogP contribution is -2.19. The Balaban J connectivity index is 2.03. The van der Waals surface area contributed by atoms with E-state index in [9.17, 15) is 9.59 Å². The van der Waals surface area contributed by atoms with Crippen molar-refractivity contribution in [3.8, 4) is 0 Å². The van der Waals surface area contributed by atoms with Crippen molar-refractivity contribution in [2.75, 3.05) is 11.9 Å². The van der Waals surface area contributed by atoms with Gasteiger partial charge in [-0.1, -0.05) is 53.2 Å². The van der Waals surface area contributed by atoms with E-state index in [1.807, 2.05) is 6.92 Å². The van der Waals surface area contributed by atoms with Gasteiger partial charge in [0.15, 0.2) is 4.34 Å². The minimum Gasteiger partial charge on any atom is -0.465 e. The molecule has 0 radical (unpaired) electrons. The van der Waals surface area contributed by atoms with Crippen molar-refractivity contribution in [2.24, 2.45) is 0 Å². The smallest absolute Gasteiger partial charge is 0.319 e.